The van der Waals surface area contributed by atoms with Crippen molar-refractivity contribution in [2.24, 2.45) is 0 Å². The first kappa shape index (κ1) is 14.6. The van der Waals surface area contributed by atoms with Crippen molar-refractivity contribution < 1.29 is 4.74 Å². The number of aromatic nitrogens is 1. The van der Waals surface area contributed by atoms with E-state index in [1.54, 1.807) is 11.3 Å². The van der Waals surface area contributed by atoms with Crippen LogP contribution in [0.4, 0.5) is 0 Å². The topological polar surface area (TPSA) is 34.2 Å². The van der Waals surface area contributed by atoms with Crippen LogP contribution in [0.3, 0.4) is 0 Å². The van der Waals surface area contributed by atoms with E-state index in [9.17, 15) is 0 Å². The van der Waals surface area contributed by atoms with Gasteiger partial charge in [0.05, 0.1) is 11.6 Å². The monoisotopic (exact) mass is 256 g/mol. The van der Waals surface area contributed by atoms with Crippen LogP contribution in [0, 0.1) is 0 Å². The second-order valence-electron chi connectivity index (χ2n) is 4.30. The van der Waals surface area contributed by atoms with Gasteiger partial charge in [0.1, 0.15) is 0 Å². The Morgan fingerprint density at radius 2 is 2.24 bits per heavy atom. The van der Waals surface area contributed by atoms with E-state index in [1.807, 2.05) is 18.8 Å². The van der Waals surface area contributed by atoms with Crippen LogP contribution in [0.25, 0.3) is 0 Å². The Balaban J connectivity index is 2.57. The number of nitrogens with one attached hydrogen (secondary N) is 1. The lowest BCUT2D eigenvalue weighted by Gasteiger charge is -2.26. The smallest absolute Gasteiger partial charge is 0.0794 e. The first-order valence-corrected chi connectivity index (χ1v) is 7.33. The van der Waals surface area contributed by atoms with Crippen LogP contribution in [0.1, 0.15) is 38.0 Å². The van der Waals surface area contributed by atoms with Crippen molar-refractivity contribution in [1.82, 2.24) is 10.3 Å². The van der Waals surface area contributed by atoms with Gasteiger partial charge in [0.2, 0.25) is 0 Å². The summed E-state index contributed by atoms with van der Waals surface area (Å²) in [5.41, 5.74) is 1.90. The SMILES string of the molecule is CCCNC(Cc1cncs1)C(CCC)OC. The van der Waals surface area contributed by atoms with Gasteiger partial charge >= 0.3 is 0 Å². The van der Waals surface area contributed by atoms with Gasteiger partial charge in [0.25, 0.3) is 0 Å². The lowest BCUT2D eigenvalue weighted by Crippen LogP contribution is -2.42. The Morgan fingerprint density at radius 1 is 1.41 bits per heavy atom. The zero-order valence-electron chi connectivity index (χ0n) is 11.1. The Bertz CT molecular complexity index is 277. The molecule has 1 rings (SSSR count). The van der Waals surface area contributed by atoms with Crippen LogP contribution in [-0.4, -0.2) is 30.8 Å². The molecule has 2 unspecified atom stereocenters. The summed E-state index contributed by atoms with van der Waals surface area (Å²) in [6, 6.07) is 0.403. The summed E-state index contributed by atoms with van der Waals surface area (Å²) in [6.45, 7) is 5.45. The number of rotatable bonds is 9. The van der Waals surface area contributed by atoms with Crippen LogP contribution in [0.2, 0.25) is 0 Å². The second-order valence-corrected chi connectivity index (χ2v) is 5.27. The third kappa shape index (κ3) is 5.15. The minimum atomic E-state index is 0.300. The molecule has 0 spiro atoms. The maximum absolute atomic E-state index is 5.62. The van der Waals surface area contributed by atoms with Crippen molar-refractivity contribution >= 4 is 11.3 Å². The zero-order valence-corrected chi connectivity index (χ0v) is 11.9. The second kappa shape index (κ2) is 8.61. The van der Waals surface area contributed by atoms with Gasteiger partial charge in [-0.25, -0.2) is 0 Å². The quantitative estimate of drug-likeness (QED) is 0.737. The van der Waals surface area contributed by atoms with E-state index >= 15 is 0 Å². The summed E-state index contributed by atoms with van der Waals surface area (Å²) in [6.07, 6.45) is 6.70. The van der Waals surface area contributed by atoms with Crippen LogP contribution in [-0.2, 0) is 11.2 Å². The average molecular weight is 256 g/mol. The summed E-state index contributed by atoms with van der Waals surface area (Å²) in [5.74, 6) is 0. The third-order valence-electron chi connectivity index (χ3n) is 2.89. The van der Waals surface area contributed by atoms with E-state index in [0.717, 1.165) is 32.2 Å². The fourth-order valence-electron chi connectivity index (χ4n) is 1.99. The van der Waals surface area contributed by atoms with Gasteiger partial charge in [0, 0.05) is 30.6 Å². The van der Waals surface area contributed by atoms with Crippen molar-refractivity contribution in [1.29, 1.82) is 0 Å². The third-order valence-corrected chi connectivity index (χ3v) is 3.69. The van der Waals surface area contributed by atoms with Crippen molar-refractivity contribution in [3.8, 4) is 0 Å². The molecule has 0 bridgehead atoms. The van der Waals surface area contributed by atoms with Gasteiger partial charge in [0.15, 0.2) is 0 Å². The summed E-state index contributed by atoms with van der Waals surface area (Å²) in [4.78, 5) is 5.47. The number of nitrogens with zero attached hydrogens (tertiary/aromatic N) is 1. The first-order valence-electron chi connectivity index (χ1n) is 6.45. The van der Waals surface area contributed by atoms with Gasteiger partial charge in [-0.3, -0.25) is 4.98 Å². The lowest BCUT2D eigenvalue weighted by molar-refractivity contribution is 0.0611. The summed E-state index contributed by atoms with van der Waals surface area (Å²) < 4.78 is 5.62. The minimum Gasteiger partial charge on any atom is -0.380 e. The van der Waals surface area contributed by atoms with E-state index in [-0.39, 0.29) is 0 Å². The number of hydrogen-bond acceptors (Lipinski definition) is 4. The molecule has 1 aromatic rings. The van der Waals surface area contributed by atoms with Crippen molar-refractivity contribution in [2.75, 3.05) is 13.7 Å². The summed E-state index contributed by atoms with van der Waals surface area (Å²) >= 11 is 1.72. The highest BCUT2D eigenvalue weighted by molar-refractivity contribution is 7.09. The molecule has 0 radical (unpaired) electrons. The molecule has 4 heteroatoms. The van der Waals surface area contributed by atoms with Crippen LogP contribution in [0.15, 0.2) is 11.7 Å². The largest absolute Gasteiger partial charge is 0.380 e. The predicted molar refractivity (Wildman–Crippen MR) is 73.6 cm³/mol. The van der Waals surface area contributed by atoms with Crippen molar-refractivity contribution in [3.05, 3.63) is 16.6 Å². The van der Waals surface area contributed by atoms with E-state index in [0.29, 0.717) is 12.1 Å². The molecule has 0 fully saturated rings. The molecular weight excluding hydrogens is 232 g/mol. The Morgan fingerprint density at radius 3 is 2.76 bits per heavy atom. The van der Waals surface area contributed by atoms with E-state index in [4.69, 9.17) is 4.74 Å². The average Bonchev–Trinajstić information content (AvgIpc) is 2.84. The molecule has 17 heavy (non-hydrogen) atoms. The highest BCUT2D eigenvalue weighted by Gasteiger charge is 2.20. The van der Waals surface area contributed by atoms with E-state index < -0.39 is 0 Å². The molecule has 0 amide bonds. The Labute approximate surface area is 109 Å². The molecule has 98 valence electrons. The molecule has 1 aromatic heterocycles. The molecule has 3 nitrogen and oxygen atoms in total. The Hall–Kier alpha value is -0.450. The highest BCUT2D eigenvalue weighted by atomic mass is 32.1. The van der Waals surface area contributed by atoms with Crippen LogP contribution < -0.4 is 5.32 Å². The zero-order chi connectivity index (χ0) is 12.5. The highest BCUT2D eigenvalue weighted by Crippen LogP contribution is 2.15. The maximum Gasteiger partial charge on any atom is 0.0794 e. The molecule has 1 heterocycles. The normalized spacial score (nSPS) is 14.8. The molecule has 0 aliphatic heterocycles. The van der Waals surface area contributed by atoms with E-state index in [1.165, 1.54) is 4.88 Å². The number of hydrogen-bond donors (Lipinski definition) is 1. The van der Waals surface area contributed by atoms with Gasteiger partial charge in [-0.1, -0.05) is 20.3 Å². The standard InChI is InChI=1S/C13H24N2OS/c1-4-6-13(16-3)12(15-7-5-2)8-11-9-14-10-17-11/h9-10,12-13,15H,4-8H2,1-3H3. The molecule has 0 aromatic carbocycles. The molecule has 0 aliphatic carbocycles. The summed E-state index contributed by atoms with van der Waals surface area (Å²) in [5, 5.41) is 3.60. The number of thiazole rings is 1. The minimum absolute atomic E-state index is 0.300. The lowest BCUT2D eigenvalue weighted by atomic mass is 10.0. The van der Waals surface area contributed by atoms with Crippen LogP contribution >= 0.6 is 11.3 Å². The number of methoxy groups -OCH3 is 1. The fraction of sp³-hybridized carbons (Fsp3) is 0.769. The maximum atomic E-state index is 5.62. The molecule has 0 aliphatic rings. The van der Waals surface area contributed by atoms with Gasteiger partial charge in [-0.15, -0.1) is 11.3 Å². The molecule has 0 saturated heterocycles. The molecule has 0 saturated carbocycles. The number of ether oxygens (including phenoxy) is 1. The molecule has 2 atom stereocenters. The van der Waals surface area contributed by atoms with Gasteiger partial charge in [-0.05, 0) is 19.4 Å². The van der Waals surface area contributed by atoms with Crippen molar-refractivity contribution in [3.63, 3.8) is 0 Å². The van der Waals surface area contributed by atoms with Gasteiger partial charge < -0.3 is 10.1 Å². The van der Waals surface area contributed by atoms with Gasteiger partial charge in [-0.2, -0.15) is 0 Å². The summed E-state index contributed by atoms with van der Waals surface area (Å²) in [7, 11) is 1.81. The fourth-order valence-corrected chi connectivity index (χ4v) is 2.65. The van der Waals surface area contributed by atoms with Crippen molar-refractivity contribution in [2.45, 2.75) is 51.7 Å². The Kier molecular flexibility index (Phi) is 7.40. The predicted octanol–water partition coefficient (Wildman–Crippen LogP) is 2.87. The molecular formula is C13H24N2OS. The van der Waals surface area contributed by atoms with E-state index in [2.05, 4.69) is 24.1 Å². The van der Waals surface area contributed by atoms with Crippen LogP contribution in [0.5, 0.6) is 0 Å². The first-order chi connectivity index (χ1) is 8.31. The molecule has 1 N–H and O–H groups in total.